The lowest BCUT2D eigenvalue weighted by molar-refractivity contribution is -0.0512. The number of halogens is 2. The maximum atomic E-state index is 12.3. The van der Waals surface area contributed by atoms with Crippen molar-refractivity contribution in [1.82, 2.24) is 0 Å². The van der Waals surface area contributed by atoms with Crippen LogP contribution in [0.3, 0.4) is 0 Å². The highest BCUT2D eigenvalue weighted by Gasteiger charge is 2.10. The van der Waals surface area contributed by atoms with Crippen LogP contribution in [0.15, 0.2) is 48.5 Å². The number of alkyl halides is 2. The van der Waals surface area contributed by atoms with Crippen molar-refractivity contribution in [2.24, 2.45) is 0 Å². The molecule has 2 aromatic rings. The smallest absolute Gasteiger partial charge is 0.387 e. The molecule has 0 fully saturated rings. The summed E-state index contributed by atoms with van der Waals surface area (Å²) in [5.41, 5.74) is 2.40. The molecule has 0 spiro atoms. The molecule has 2 aromatic carbocycles. The summed E-state index contributed by atoms with van der Waals surface area (Å²) in [6.45, 7) is 1.25. The van der Waals surface area contributed by atoms with E-state index in [1.807, 2.05) is 12.1 Å². The first-order valence-corrected chi connectivity index (χ1v) is 7.86. The van der Waals surface area contributed by atoms with Gasteiger partial charge in [0.25, 0.3) is 0 Å². The number of methoxy groups -OCH3 is 1. The third-order valence-electron chi connectivity index (χ3n) is 3.69. The molecule has 132 valence electrons. The first kappa shape index (κ1) is 18.6. The molecule has 2 rings (SSSR count). The van der Waals surface area contributed by atoms with Crippen molar-refractivity contribution in [1.29, 1.82) is 0 Å². The Bertz CT molecular complexity index is 750. The Hall–Kier alpha value is -2.69. The maximum absolute atomic E-state index is 12.3. The molecule has 0 aliphatic carbocycles. The van der Waals surface area contributed by atoms with E-state index in [2.05, 4.69) is 18.6 Å². The Morgan fingerprint density at radius 3 is 2.28 bits per heavy atom. The van der Waals surface area contributed by atoms with Gasteiger partial charge >= 0.3 is 6.61 Å². The standard InChI is InChI=1S/C20H20F2O3/c1-13(2)15-6-8-16(9-7-15)17(23)10-4-14-5-11-18(25-20(21)22)19(12-14)24-3/h4-13,20H,1-3H3/b10-4+. The number of rotatable bonds is 7. The molecule has 0 aliphatic rings. The van der Waals surface area contributed by atoms with E-state index in [0.717, 1.165) is 0 Å². The van der Waals surface area contributed by atoms with E-state index in [1.165, 1.54) is 30.9 Å². The number of benzene rings is 2. The van der Waals surface area contributed by atoms with E-state index in [9.17, 15) is 13.6 Å². The van der Waals surface area contributed by atoms with Crippen LogP contribution in [0.1, 0.15) is 41.3 Å². The van der Waals surface area contributed by atoms with Gasteiger partial charge in [0.05, 0.1) is 7.11 Å². The van der Waals surface area contributed by atoms with Crippen molar-refractivity contribution in [2.45, 2.75) is 26.4 Å². The Labute approximate surface area is 145 Å². The zero-order chi connectivity index (χ0) is 18.4. The van der Waals surface area contributed by atoms with Gasteiger partial charge in [-0.25, -0.2) is 0 Å². The molecular formula is C20H20F2O3. The Balaban J connectivity index is 2.13. The molecule has 0 saturated carbocycles. The topological polar surface area (TPSA) is 35.5 Å². The number of allylic oxidation sites excluding steroid dienone is 1. The third kappa shape index (κ3) is 5.14. The summed E-state index contributed by atoms with van der Waals surface area (Å²) in [6, 6.07) is 11.9. The molecule has 0 unspecified atom stereocenters. The van der Waals surface area contributed by atoms with Gasteiger partial charge in [0.1, 0.15) is 0 Å². The lowest BCUT2D eigenvalue weighted by atomic mass is 10.0. The summed E-state index contributed by atoms with van der Waals surface area (Å²) >= 11 is 0. The van der Waals surface area contributed by atoms with E-state index < -0.39 is 6.61 Å². The summed E-state index contributed by atoms with van der Waals surface area (Å²) in [5.74, 6) is 0.393. The predicted molar refractivity (Wildman–Crippen MR) is 93.5 cm³/mol. The zero-order valence-electron chi connectivity index (χ0n) is 14.3. The quantitative estimate of drug-likeness (QED) is 0.503. The van der Waals surface area contributed by atoms with Gasteiger partial charge in [-0.1, -0.05) is 50.3 Å². The Kier molecular flexibility index (Phi) is 6.28. The molecule has 0 saturated heterocycles. The first-order valence-electron chi connectivity index (χ1n) is 7.86. The van der Waals surface area contributed by atoms with Crippen LogP contribution in [0.5, 0.6) is 11.5 Å². The number of carbonyl (C=O) groups is 1. The van der Waals surface area contributed by atoms with E-state index in [-0.39, 0.29) is 17.3 Å². The number of hydrogen-bond donors (Lipinski definition) is 0. The third-order valence-corrected chi connectivity index (χ3v) is 3.69. The lowest BCUT2D eigenvalue weighted by Crippen LogP contribution is -2.03. The summed E-state index contributed by atoms with van der Waals surface area (Å²) in [5, 5.41) is 0. The number of carbonyl (C=O) groups excluding carboxylic acids is 1. The number of ketones is 1. The van der Waals surface area contributed by atoms with E-state index in [4.69, 9.17) is 4.74 Å². The molecule has 5 heteroatoms. The highest BCUT2D eigenvalue weighted by atomic mass is 19.3. The van der Waals surface area contributed by atoms with Crippen LogP contribution < -0.4 is 9.47 Å². The largest absolute Gasteiger partial charge is 0.493 e. The summed E-state index contributed by atoms with van der Waals surface area (Å²) in [6.07, 6.45) is 3.04. The van der Waals surface area contributed by atoms with Gasteiger partial charge in [0, 0.05) is 5.56 Å². The van der Waals surface area contributed by atoms with Gasteiger partial charge in [-0.2, -0.15) is 8.78 Å². The molecule has 3 nitrogen and oxygen atoms in total. The van der Waals surface area contributed by atoms with Gasteiger partial charge in [0.2, 0.25) is 0 Å². The van der Waals surface area contributed by atoms with Gasteiger partial charge in [-0.3, -0.25) is 4.79 Å². The van der Waals surface area contributed by atoms with Crippen molar-refractivity contribution in [3.05, 3.63) is 65.2 Å². The van der Waals surface area contributed by atoms with Gasteiger partial charge in [-0.05, 0) is 35.3 Å². The molecular weight excluding hydrogens is 326 g/mol. The molecule has 0 heterocycles. The van der Waals surface area contributed by atoms with Crippen LogP contribution in [0, 0.1) is 0 Å². The normalized spacial score (nSPS) is 11.3. The Morgan fingerprint density at radius 2 is 1.72 bits per heavy atom. The summed E-state index contributed by atoms with van der Waals surface area (Å²) in [7, 11) is 1.36. The molecule has 0 aromatic heterocycles. The molecule has 0 radical (unpaired) electrons. The van der Waals surface area contributed by atoms with Crippen molar-refractivity contribution in [2.75, 3.05) is 7.11 Å². The number of ether oxygens (including phenoxy) is 2. The minimum atomic E-state index is -2.93. The van der Waals surface area contributed by atoms with Crippen molar-refractivity contribution in [3.8, 4) is 11.5 Å². The van der Waals surface area contributed by atoms with E-state index in [0.29, 0.717) is 17.0 Å². The van der Waals surface area contributed by atoms with Crippen molar-refractivity contribution < 1.29 is 23.0 Å². The van der Waals surface area contributed by atoms with Crippen LogP contribution >= 0.6 is 0 Å². The minimum absolute atomic E-state index is 0.0507. The van der Waals surface area contributed by atoms with E-state index in [1.54, 1.807) is 24.3 Å². The molecule has 0 atom stereocenters. The van der Waals surface area contributed by atoms with Crippen LogP contribution in [0.4, 0.5) is 8.78 Å². The summed E-state index contributed by atoms with van der Waals surface area (Å²) in [4.78, 5) is 12.2. The fourth-order valence-electron chi connectivity index (χ4n) is 2.28. The Morgan fingerprint density at radius 1 is 1.04 bits per heavy atom. The minimum Gasteiger partial charge on any atom is -0.493 e. The molecule has 0 bridgehead atoms. The second-order valence-corrected chi connectivity index (χ2v) is 5.76. The highest BCUT2D eigenvalue weighted by molar-refractivity contribution is 6.06. The van der Waals surface area contributed by atoms with Gasteiger partial charge < -0.3 is 9.47 Å². The summed E-state index contributed by atoms with van der Waals surface area (Å²) < 4.78 is 34.0. The van der Waals surface area contributed by atoms with Crippen molar-refractivity contribution >= 4 is 11.9 Å². The van der Waals surface area contributed by atoms with E-state index >= 15 is 0 Å². The second-order valence-electron chi connectivity index (χ2n) is 5.76. The fraction of sp³-hybridized carbons (Fsp3) is 0.250. The van der Waals surface area contributed by atoms with Crippen LogP contribution in [-0.4, -0.2) is 19.5 Å². The SMILES string of the molecule is COc1cc(/C=C/C(=O)c2ccc(C(C)C)cc2)ccc1OC(F)F. The fourth-order valence-corrected chi connectivity index (χ4v) is 2.28. The number of hydrogen-bond acceptors (Lipinski definition) is 3. The highest BCUT2D eigenvalue weighted by Crippen LogP contribution is 2.29. The average Bonchev–Trinajstić information content (AvgIpc) is 2.60. The van der Waals surface area contributed by atoms with Crippen LogP contribution in [-0.2, 0) is 0 Å². The lowest BCUT2D eigenvalue weighted by Gasteiger charge is -2.10. The van der Waals surface area contributed by atoms with Crippen LogP contribution in [0.25, 0.3) is 6.08 Å². The van der Waals surface area contributed by atoms with Gasteiger partial charge in [0.15, 0.2) is 17.3 Å². The first-order chi connectivity index (χ1) is 11.9. The molecule has 25 heavy (non-hydrogen) atoms. The molecule has 0 aliphatic heterocycles. The second kappa shape index (κ2) is 8.42. The molecule has 0 N–H and O–H groups in total. The average molecular weight is 346 g/mol. The monoisotopic (exact) mass is 346 g/mol. The van der Waals surface area contributed by atoms with Crippen LogP contribution in [0.2, 0.25) is 0 Å². The molecule has 0 amide bonds. The zero-order valence-corrected chi connectivity index (χ0v) is 14.3. The maximum Gasteiger partial charge on any atom is 0.387 e. The predicted octanol–water partition coefficient (Wildman–Crippen LogP) is 5.32. The van der Waals surface area contributed by atoms with Crippen molar-refractivity contribution in [3.63, 3.8) is 0 Å². The van der Waals surface area contributed by atoms with Gasteiger partial charge in [-0.15, -0.1) is 0 Å².